The Morgan fingerprint density at radius 1 is 1.53 bits per heavy atom. The van der Waals surface area contributed by atoms with Crippen LogP contribution in [0.1, 0.15) is 12.6 Å². The maximum atomic E-state index is 5.63. The van der Waals surface area contributed by atoms with Crippen molar-refractivity contribution < 1.29 is 4.52 Å². The third-order valence-electron chi connectivity index (χ3n) is 2.12. The fraction of sp³-hybridized carbons (Fsp3) is 0.400. The largest absolute Gasteiger partial charge is 0.368 e. The molecule has 0 aromatic carbocycles. The van der Waals surface area contributed by atoms with Crippen molar-refractivity contribution in [2.75, 3.05) is 11.9 Å². The first-order valence-corrected chi connectivity index (χ1v) is 4.89. The van der Waals surface area contributed by atoms with E-state index in [-0.39, 0.29) is 6.04 Å². The van der Waals surface area contributed by atoms with E-state index in [0.717, 1.165) is 16.9 Å². The molecule has 0 saturated carbocycles. The molecule has 2 aromatic heterocycles. The molecular formula is C10H14N4O. The molecule has 80 valence electrons. The number of hydrogen-bond acceptors (Lipinski definition) is 5. The molecule has 0 amide bonds. The Hall–Kier alpha value is -1.62. The molecule has 0 aliphatic rings. The highest BCUT2D eigenvalue weighted by atomic mass is 16.5. The molecule has 5 heteroatoms. The van der Waals surface area contributed by atoms with Crippen LogP contribution in [0.25, 0.3) is 11.1 Å². The second kappa shape index (κ2) is 3.86. The summed E-state index contributed by atoms with van der Waals surface area (Å²) in [6, 6.07) is 3.94. The fourth-order valence-corrected chi connectivity index (χ4v) is 1.31. The molecule has 0 aliphatic heterocycles. The van der Waals surface area contributed by atoms with Crippen LogP contribution in [-0.2, 0) is 0 Å². The van der Waals surface area contributed by atoms with Gasteiger partial charge in [0.05, 0.1) is 11.1 Å². The molecule has 0 spiro atoms. The molecule has 0 aliphatic carbocycles. The van der Waals surface area contributed by atoms with Crippen LogP contribution in [0.2, 0.25) is 0 Å². The van der Waals surface area contributed by atoms with E-state index in [1.54, 1.807) is 0 Å². The lowest BCUT2D eigenvalue weighted by molar-refractivity contribution is 0.443. The van der Waals surface area contributed by atoms with Gasteiger partial charge in [0.25, 0.3) is 5.71 Å². The first kappa shape index (κ1) is 9.92. The van der Waals surface area contributed by atoms with E-state index in [1.165, 1.54) is 0 Å². The third kappa shape index (κ3) is 2.07. The molecule has 2 aromatic rings. The van der Waals surface area contributed by atoms with Crippen LogP contribution in [0.5, 0.6) is 0 Å². The van der Waals surface area contributed by atoms with Gasteiger partial charge >= 0.3 is 0 Å². The topological polar surface area (TPSA) is 77.0 Å². The van der Waals surface area contributed by atoms with Gasteiger partial charge in [-0.3, -0.25) is 0 Å². The molecule has 3 N–H and O–H groups in total. The lowest BCUT2D eigenvalue weighted by Gasteiger charge is -2.07. The zero-order valence-corrected chi connectivity index (χ0v) is 8.82. The van der Waals surface area contributed by atoms with Crippen molar-refractivity contribution in [1.82, 2.24) is 10.1 Å². The Bertz CT molecular complexity index is 463. The van der Waals surface area contributed by atoms with Gasteiger partial charge in [0.1, 0.15) is 5.82 Å². The predicted octanol–water partition coefficient (Wildman–Crippen LogP) is 1.29. The van der Waals surface area contributed by atoms with Crippen LogP contribution in [0, 0.1) is 6.92 Å². The van der Waals surface area contributed by atoms with Gasteiger partial charge in [-0.1, -0.05) is 5.16 Å². The van der Waals surface area contributed by atoms with Crippen molar-refractivity contribution in [3.8, 4) is 0 Å². The van der Waals surface area contributed by atoms with Crippen molar-refractivity contribution in [2.45, 2.75) is 19.9 Å². The Morgan fingerprint density at radius 2 is 2.33 bits per heavy atom. The van der Waals surface area contributed by atoms with Crippen LogP contribution in [0.4, 0.5) is 5.82 Å². The summed E-state index contributed by atoms with van der Waals surface area (Å²) in [6.07, 6.45) is 0. The number of pyridine rings is 1. The smallest absolute Gasteiger partial charge is 0.259 e. The monoisotopic (exact) mass is 206 g/mol. The number of nitrogens with zero attached hydrogens (tertiary/aromatic N) is 2. The number of nitrogens with two attached hydrogens (primary N) is 1. The van der Waals surface area contributed by atoms with E-state index >= 15 is 0 Å². The summed E-state index contributed by atoms with van der Waals surface area (Å²) >= 11 is 0. The minimum atomic E-state index is 0.0963. The summed E-state index contributed by atoms with van der Waals surface area (Å²) in [6.45, 7) is 4.51. The van der Waals surface area contributed by atoms with Crippen LogP contribution in [0.15, 0.2) is 16.7 Å². The van der Waals surface area contributed by atoms with Gasteiger partial charge < -0.3 is 15.6 Å². The average molecular weight is 206 g/mol. The summed E-state index contributed by atoms with van der Waals surface area (Å²) in [7, 11) is 0. The van der Waals surface area contributed by atoms with Crippen LogP contribution >= 0.6 is 0 Å². The quantitative estimate of drug-likeness (QED) is 0.791. The molecule has 2 heterocycles. The number of aryl methyl sites for hydroxylation is 1. The normalized spacial score (nSPS) is 13.0. The van der Waals surface area contributed by atoms with Gasteiger partial charge in [-0.25, -0.2) is 0 Å². The second-order valence-corrected chi connectivity index (χ2v) is 3.68. The molecule has 5 nitrogen and oxygen atoms in total. The molecule has 0 radical (unpaired) electrons. The molecule has 0 fully saturated rings. The fourth-order valence-electron chi connectivity index (χ4n) is 1.31. The zero-order valence-electron chi connectivity index (χ0n) is 8.82. The highest BCUT2D eigenvalue weighted by Crippen LogP contribution is 2.17. The summed E-state index contributed by atoms with van der Waals surface area (Å²) in [4.78, 5) is 4.27. The van der Waals surface area contributed by atoms with Gasteiger partial charge in [0.15, 0.2) is 0 Å². The summed E-state index contributed by atoms with van der Waals surface area (Å²) < 4.78 is 5.06. The number of fused-ring (bicyclic) bond motifs is 1. The number of rotatable bonds is 3. The lowest BCUT2D eigenvalue weighted by atomic mass is 10.3. The molecule has 0 bridgehead atoms. The summed E-state index contributed by atoms with van der Waals surface area (Å²) in [5, 5.41) is 7.91. The summed E-state index contributed by atoms with van der Waals surface area (Å²) in [5.41, 5.74) is 7.05. The van der Waals surface area contributed by atoms with Crippen LogP contribution < -0.4 is 11.1 Å². The van der Waals surface area contributed by atoms with E-state index in [0.29, 0.717) is 12.3 Å². The summed E-state index contributed by atoms with van der Waals surface area (Å²) in [5.74, 6) is 0.760. The Morgan fingerprint density at radius 3 is 3.07 bits per heavy atom. The Labute approximate surface area is 87.6 Å². The van der Waals surface area contributed by atoms with E-state index in [4.69, 9.17) is 10.3 Å². The maximum Gasteiger partial charge on any atom is 0.259 e. The maximum absolute atomic E-state index is 5.63. The first-order valence-electron chi connectivity index (χ1n) is 4.89. The highest BCUT2D eigenvalue weighted by Gasteiger charge is 2.06. The van der Waals surface area contributed by atoms with E-state index in [9.17, 15) is 0 Å². The van der Waals surface area contributed by atoms with Crippen molar-refractivity contribution in [1.29, 1.82) is 0 Å². The van der Waals surface area contributed by atoms with Crippen LogP contribution in [-0.4, -0.2) is 22.7 Å². The SMILES string of the molecule is Cc1noc2nc(NCC(C)N)ccc12. The van der Waals surface area contributed by atoms with Gasteiger partial charge in [0, 0.05) is 12.6 Å². The van der Waals surface area contributed by atoms with Crippen molar-refractivity contribution in [3.05, 3.63) is 17.8 Å². The highest BCUT2D eigenvalue weighted by molar-refractivity contribution is 5.77. The number of anilines is 1. The average Bonchev–Trinajstić information content (AvgIpc) is 2.57. The van der Waals surface area contributed by atoms with Crippen molar-refractivity contribution >= 4 is 16.9 Å². The molecular weight excluding hydrogens is 192 g/mol. The Kier molecular flexibility index (Phi) is 2.55. The van der Waals surface area contributed by atoms with Crippen LogP contribution in [0.3, 0.4) is 0 Å². The first-order chi connectivity index (χ1) is 7.16. The van der Waals surface area contributed by atoms with Crippen molar-refractivity contribution in [3.63, 3.8) is 0 Å². The Balaban J connectivity index is 2.23. The standard InChI is InChI=1S/C10H14N4O/c1-6(11)5-12-9-4-3-8-7(2)14-15-10(8)13-9/h3-4,6H,5,11H2,1-2H3,(H,12,13). The van der Waals surface area contributed by atoms with Crippen molar-refractivity contribution in [2.24, 2.45) is 5.73 Å². The molecule has 0 saturated heterocycles. The third-order valence-corrected chi connectivity index (χ3v) is 2.12. The van der Waals surface area contributed by atoms with E-state index in [1.807, 2.05) is 26.0 Å². The number of nitrogens with one attached hydrogen (secondary N) is 1. The molecule has 2 rings (SSSR count). The minimum absolute atomic E-state index is 0.0963. The minimum Gasteiger partial charge on any atom is -0.368 e. The molecule has 15 heavy (non-hydrogen) atoms. The number of aromatic nitrogens is 2. The van der Waals surface area contributed by atoms with Gasteiger partial charge in [0.2, 0.25) is 0 Å². The van der Waals surface area contributed by atoms with Gasteiger partial charge in [-0.05, 0) is 26.0 Å². The predicted molar refractivity (Wildman–Crippen MR) is 58.7 cm³/mol. The van der Waals surface area contributed by atoms with E-state index < -0.39 is 0 Å². The number of hydrogen-bond donors (Lipinski definition) is 2. The van der Waals surface area contributed by atoms with Gasteiger partial charge in [-0.2, -0.15) is 4.98 Å². The van der Waals surface area contributed by atoms with E-state index in [2.05, 4.69) is 15.5 Å². The lowest BCUT2D eigenvalue weighted by Crippen LogP contribution is -2.25. The zero-order chi connectivity index (χ0) is 10.8. The second-order valence-electron chi connectivity index (χ2n) is 3.68. The van der Waals surface area contributed by atoms with Gasteiger partial charge in [-0.15, -0.1) is 0 Å². The molecule has 1 unspecified atom stereocenters. The molecule has 1 atom stereocenters.